The summed E-state index contributed by atoms with van der Waals surface area (Å²) in [5, 5.41) is 2.30. The number of aryl methyl sites for hydroxylation is 1. The van der Waals surface area contributed by atoms with E-state index in [9.17, 15) is 13.2 Å². The number of rotatable bonds is 5. The minimum absolute atomic E-state index is 0.264. The second-order valence-corrected chi connectivity index (χ2v) is 4.11. The second-order valence-electron chi connectivity index (χ2n) is 4.11. The Kier molecular flexibility index (Phi) is 5.00. The number of halogens is 3. The number of hydrogen-bond acceptors (Lipinski definition) is 1. The van der Waals surface area contributed by atoms with Crippen molar-refractivity contribution in [3.63, 3.8) is 0 Å². The van der Waals surface area contributed by atoms with Crippen LogP contribution in [-0.4, -0.2) is 13.2 Å². The molecule has 96 valence electrons. The highest BCUT2D eigenvalue weighted by molar-refractivity contribution is 5.26. The molecule has 1 N–H and O–H groups in total. The normalized spacial score (nSPS) is 13.7. The summed E-state index contributed by atoms with van der Waals surface area (Å²) in [6, 6.07) is 5.09. The van der Waals surface area contributed by atoms with Crippen molar-refractivity contribution in [1.29, 1.82) is 0 Å². The van der Waals surface area contributed by atoms with Crippen LogP contribution in [0, 0.1) is 0 Å². The standard InChI is InChI=1S/C13H18F3N/c1-3-4-5-10-6-8-11(9-7-10)12(17-2)13(14,15)16/h6-9,12,17H,3-5H2,1-2H3. The third kappa shape index (κ3) is 4.04. The van der Waals surface area contributed by atoms with Crippen molar-refractivity contribution in [2.45, 2.75) is 38.4 Å². The van der Waals surface area contributed by atoms with Crippen LogP contribution in [0.4, 0.5) is 13.2 Å². The Labute approximate surface area is 100 Å². The predicted molar refractivity (Wildman–Crippen MR) is 62.9 cm³/mol. The van der Waals surface area contributed by atoms with Crippen LogP contribution >= 0.6 is 0 Å². The van der Waals surface area contributed by atoms with Gasteiger partial charge < -0.3 is 5.32 Å². The predicted octanol–water partition coefficient (Wildman–Crippen LogP) is 3.85. The Balaban J connectivity index is 2.78. The lowest BCUT2D eigenvalue weighted by Crippen LogP contribution is -2.31. The van der Waals surface area contributed by atoms with Crippen molar-refractivity contribution < 1.29 is 13.2 Å². The lowest BCUT2D eigenvalue weighted by atomic mass is 10.0. The lowest BCUT2D eigenvalue weighted by Gasteiger charge is -2.20. The molecule has 1 unspecified atom stereocenters. The molecule has 0 aliphatic carbocycles. The van der Waals surface area contributed by atoms with Gasteiger partial charge in [0.1, 0.15) is 6.04 Å². The van der Waals surface area contributed by atoms with E-state index >= 15 is 0 Å². The molecule has 1 aromatic carbocycles. The fourth-order valence-electron chi connectivity index (χ4n) is 1.78. The van der Waals surface area contributed by atoms with Crippen molar-refractivity contribution in [2.75, 3.05) is 7.05 Å². The Morgan fingerprint density at radius 2 is 1.76 bits per heavy atom. The van der Waals surface area contributed by atoms with E-state index < -0.39 is 12.2 Å². The first kappa shape index (κ1) is 14.0. The minimum atomic E-state index is -4.25. The van der Waals surface area contributed by atoms with E-state index in [1.807, 2.05) is 0 Å². The average Bonchev–Trinajstić information content (AvgIpc) is 2.27. The second kappa shape index (κ2) is 6.05. The number of unbranched alkanes of at least 4 members (excludes halogenated alkanes) is 1. The summed E-state index contributed by atoms with van der Waals surface area (Å²) in [5.74, 6) is 0. The monoisotopic (exact) mass is 245 g/mol. The van der Waals surface area contributed by atoms with Gasteiger partial charge in [0, 0.05) is 0 Å². The Morgan fingerprint density at radius 1 is 1.18 bits per heavy atom. The summed E-state index contributed by atoms with van der Waals surface area (Å²) in [6.45, 7) is 2.09. The number of alkyl halides is 3. The summed E-state index contributed by atoms with van der Waals surface area (Å²) < 4.78 is 37.9. The van der Waals surface area contributed by atoms with Crippen LogP contribution in [0.1, 0.15) is 36.9 Å². The van der Waals surface area contributed by atoms with Gasteiger partial charge in [-0.1, -0.05) is 37.6 Å². The molecule has 0 aliphatic heterocycles. The molecule has 0 heterocycles. The minimum Gasteiger partial charge on any atom is -0.306 e. The summed E-state index contributed by atoms with van der Waals surface area (Å²) in [7, 11) is 1.32. The zero-order chi connectivity index (χ0) is 12.9. The van der Waals surface area contributed by atoms with Gasteiger partial charge >= 0.3 is 6.18 Å². The smallest absolute Gasteiger partial charge is 0.306 e. The first-order chi connectivity index (χ1) is 7.99. The van der Waals surface area contributed by atoms with Crippen molar-refractivity contribution in [2.24, 2.45) is 0 Å². The fourth-order valence-corrected chi connectivity index (χ4v) is 1.78. The molecule has 0 saturated heterocycles. The van der Waals surface area contributed by atoms with Crippen LogP contribution in [-0.2, 0) is 6.42 Å². The molecule has 0 radical (unpaired) electrons. The zero-order valence-corrected chi connectivity index (χ0v) is 10.1. The van der Waals surface area contributed by atoms with Gasteiger partial charge in [0.15, 0.2) is 0 Å². The molecule has 0 aromatic heterocycles. The van der Waals surface area contributed by atoms with Gasteiger partial charge in [0.25, 0.3) is 0 Å². The molecule has 4 heteroatoms. The van der Waals surface area contributed by atoms with E-state index in [1.165, 1.54) is 7.05 Å². The maximum atomic E-state index is 12.6. The molecular formula is C13H18F3N. The van der Waals surface area contributed by atoms with Gasteiger partial charge in [-0.2, -0.15) is 13.2 Å². The van der Waals surface area contributed by atoms with Crippen LogP contribution in [0.15, 0.2) is 24.3 Å². The molecular weight excluding hydrogens is 227 g/mol. The quantitative estimate of drug-likeness (QED) is 0.830. The van der Waals surface area contributed by atoms with Crippen molar-refractivity contribution in [3.05, 3.63) is 35.4 Å². The maximum Gasteiger partial charge on any atom is 0.407 e. The van der Waals surface area contributed by atoms with E-state index in [0.29, 0.717) is 0 Å². The highest BCUT2D eigenvalue weighted by Crippen LogP contribution is 2.32. The third-order valence-corrected chi connectivity index (χ3v) is 2.75. The molecule has 1 rings (SSSR count). The maximum absolute atomic E-state index is 12.6. The van der Waals surface area contributed by atoms with Crippen LogP contribution < -0.4 is 5.32 Å². The van der Waals surface area contributed by atoms with Crippen molar-refractivity contribution in [3.8, 4) is 0 Å². The van der Waals surface area contributed by atoms with Gasteiger partial charge in [0.2, 0.25) is 0 Å². The zero-order valence-electron chi connectivity index (χ0n) is 10.1. The number of nitrogens with one attached hydrogen (secondary N) is 1. The molecule has 0 spiro atoms. The largest absolute Gasteiger partial charge is 0.407 e. The summed E-state index contributed by atoms with van der Waals surface area (Å²) in [6.07, 6.45) is -1.18. The molecule has 0 amide bonds. The molecule has 1 aromatic rings. The summed E-state index contributed by atoms with van der Waals surface area (Å²) >= 11 is 0. The van der Waals surface area contributed by atoms with Gasteiger partial charge in [-0.15, -0.1) is 0 Å². The number of benzene rings is 1. The molecule has 1 atom stereocenters. The van der Waals surface area contributed by atoms with Gasteiger partial charge in [-0.05, 0) is 31.0 Å². The molecule has 0 saturated carbocycles. The van der Waals surface area contributed by atoms with Crippen LogP contribution in [0.25, 0.3) is 0 Å². The molecule has 1 nitrogen and oxygen atoms in total. The van der Waals surface area contributed by atoms with Gasteiger partial charge in [0.05, 0.1) is 0 Å². The summed E-state index contributed by atoms with van der Waals surface area (Å²) in [5.41, 5.74) is 1.35. The highest BCUT2D eigenvalue weighted by Gasteiger charge is 2.39. The highest BCUT2D eigenvalue weighted by atomic mass is 19.4. The van der Waals surface area contributed by atoms with E-state index in [-0.39, 0.29) is 5.56 Å². The van der Waals surface area contributed by atoms with E-state index in [4.69, 9.17) is 0 Å². The van der Waals surface area contributed by atoms with Crippen molar-refractivity contribution >= 4 is 0 Å². The Morgan fingerprint density at radius 3 is 2.18 bits per heavy atom. The lowest BCUT2D eigenvalue weighted by molar-refractivity contribution is -0.156. The third-order valence-electron chi connectivity index (χ3n) is 2.75. The van der Waals surface area contributed by atoms with Gasteiger partial charge in [-0.25, -0.2) is 0 Å². The molecule has 17 heavy (non-hydrogen) atoms. The number of hydrogen-bond donors (Lipinski definition) is 1. The Bertz CT molecular complexity index is 330. The van der Waals surface area contributed by atoms with Crippen molar-refractivity contribution in [1.82, 2.24) is 5.32 Å². The van der Waals surface area contributed by atoms with E-state index in [2.05, 4.69) is 12.2 Å². The van der Waals surface area contributed by atoms with Gasteiger partial charge in [-0.3, -0.25) is 0 Å². The fraction of sp³-hybridized carbons (Fsp3) is 0.538. The van der Waals surface area contributed by atoms with Crippen LogP contribution in [0.5, 0.6) is 0 Å². The topological polar surface area (TPSA) is 12.0 Å². The average molecular weight is 245 g/mol. The summed E-state index contributed by atoms with van der Waals surface area (Å²) in [4.78, 5) is 0. The van der Waals surface area contributed by atoms with E-state index in [1.54, 1.807) is 24.3 Å². The van der Waals surface area contributed by atoms with E-state index in [0.717, 1.165) is 24.8 Å². The Hall–Kier alpha value is -1.03. The first-order valence-electron chi connectivity index (χ1n) is 5.81. The SMILES string of the molecule is CCCCc1ccc(C(NC)C(F)(F)F)cc1. The first-order valence-corrected chi connectivity index (χ1v) is 5.81. The van der Waals surface area contributed by atoms with Crippen LogP contribution in [0.3, 0.4) is 0 Å². The molecule has 0 aliphatic rings. The molecule has 0 fully saturated rings. The van der Waals surface area contributed by atoms with Crippen LogP contribution in [0.2, 0.25) is 0 Å². The molecule has 0 bridgehead atoms.